The van der Waals surface area contributed by atoms with Crippen molar-refractivity contribution in [2.45, 2.75) is 13.8 Å². The molecule has 11 heteroatoms. The van der Waals surface area contributed by atoms with Crippen molar-refractivity contribution in [3.63, 3.8) is 0 Å². The first-order valence-corrected chi connectivity index (χ1v) is 11.0. The van der Waals surface area contributed by atoms with E-state index in [1.807, 2.05) is 24.3 Å². The van der Waals surface area contributed by atoms with E-state index >= 15 is 0 Å². The number of aromatic nitrogens is 6. The highest BCUT2D eigenvalue weighted by Crippen LogP contribution is 2.22. The molecular formula is C25H22N8O3. The summed E-state index contributed by atoms with van der Waals surface area (Å²) in [6.45, 7) is 3.55. The van der Waals surface area contributed by atoms with Gasteiger partial charge in [0.25, 0.3) is 5.91 Å². The quantitative estimate of drug-likeness (QED) is 0.393. The highest BCUT2D eigenvalue weighted by Gasteiger charge is 2.16. The van der Waals surface area contributed by atoms with Gasteiger partial charge in [-0.25, -0.2) is 24.0 Å². The van der Waals surface area contributed by atoms with Crippen molar-refractivity contribution >= 4 is 23.3 Å². The number of nitrogens with zero attached hydrogens (tertiary/aromatic N) is 6. The molecule has 3 heterocycles. The minimum Gasteiger partial charge on any atom is -0.366 e. The molecule has 11 nitrogen and oxygen atoms in total. The van der Waals surface area contributed by atoms with Crippen molar-refractivity contribution in [2.75, 3.05) is 5.32 Å². The van der Waals surface area contributed by atoms with Crippen molar-refractivity contribution in [3.8, 4) is 16.9 Å². The number of nitrogens with one attached hydrogen (secondary N) is 1. The van der Waals surface area contributed by atoms with Crippen molar-refractivity contribution < 1.29 is 9.59 Å². The van der Waals surface area contributed by atoms with Gasteiger partial charge in [-0.05, 0) is 50.2 Å². The number of carbonyl (C=O) groups excluding carboxylic acids is 2. The molecule has 0 fully saturated rings. The summed E-state index contributed by atoms with van der Waals surface area (Å²) in [5.74, 6) is -0.0240. The number of nitrogens with two attached hydrogens (primary N) is 1. The lowest BCUT2D eigenvalue weighted by atomic mass is 10.1. The molecule has 36 heavy (non-hydrogen) atoms. The molecule has 0 aliphatic heterocycles. The van der Waals surface area contributed by atoms with Crippen LogP contribution in [0.5, 0.6) is 0 Å². The van der Waals surface area contributed by atoms with E-state index in [1.165, 1.54) is 15.3 Å². The molecular weight excluding hydrogens is 460 g/mol. The Kier molecular flexibility index (Phi) is 5.44. The molecule has 0 saturated heterocycles. The number of rotatable bonds is 5. The molecule has 0 radical (unpaired) electrons. The Labute approximate surface area is 204 Å². The van der Waals surface area contributed by atoms with E-state index in [0.29, 0.717) is 45.6 Å². The molecule has 0 bridgehead atoms. The fourth-order valence-electron chi connectivity index (χ4n) is 4.01. The summed E-state index contributed by atoms with van der Waals surface area (Å²) >= 11 is 0. The molecule has 0 aliphatic carbocycles. The summed E-state index contributed by atoms with van der Waals surface area (Å²) < 4.78 is 4.42. The van der Waals surface area contributed by atoms with Crippen LogP contribution in [0.3, 0.4) is 0 Å². The van der Waals surface area contributed by atoms with Gasteiger partial charge in [0, 0.05) is 35.8 Å². The van der Waals surface area contributed by atoms with Crippen LogP contribution in [0.4, 0.5) is 5.69 Å². The molecule has 5 aromatic rings. The number of primary amides is 1. The average Bonchev–Trinajstić information content (AvgIpc) is 3.38. The van der Waals surface area contributed by atoms with E-state index in [4.69, 9.17) is 5.73 Å². The zero-order valence-electron chi connectivity index (χ0n) is 19.8. The highest BCUT2D eigenvalue weighted by molar-refractivity contribution is 6.04. The van der Waals surface area contributed by atoms with E-state index in [1.54, 1.807) is 55.8 Å². The summed E-state index contributed by atoms with van der Waals surface area (Å²) in [6.07, 6.45) is 1.73. The van der Waals surface area contributed by atoms with Crippen LogP contribution >= 0.6 is 0 Å². The Morgan fingerprint density at radius 3 is 2.42 bits per heavy atom. The largest absolute Gasteiger partial charge is 0.366 e. The third kappa shape index (κ3) is 4.02. The standard InChI is InChI=1S/C25H22N8O3/c1-14-11-21(23(35)28-18-6-4-5-17(12-18)22(26)34)32-13-20(29-24(32)27-14)16-7-9-19(10-8-16)33-15(2)30-31(3)25(33)36/h4-13H,1-3H3,(H2,26,34)(H,28,35). The monoisotopic (exact) mass is 482 g/mol. The maximum absolute atomic E-state index is 13.1. The van der Waals surface area contributed by atoms with Gasteiger partial charge in [-0.3, -0.25) is 14.0 Å². The Bertz CT molecular complexity index is 1710. The molecule has 3 N–H and O–H groups in total. The normalized spacial score (nSPS) is 11.1. The van der Waals surface area contributed by atoms with E-state index in [0.717, 1.165) is 5.56 Å². The average molecular weight is 483 g/mol. The Balaban J connectivity index is 1.49. The highest BCUT2D eigenvalue weighted by atomic mass is 16.2. The molecule has 3 aromatic heterocycles. The first kappa shape index (κ1) is 22.7. The SMILES string of the molecule is Cc1cc(C(=O)Nc2cccc(C(N)=O)c2)n2cc(-c3ccc(-n4c(C)nn(C)c4=O)cc3)nc2n1. The number of anilines is 1. The second-order valence-corrected chi connectivity index (χ2v) is 8.31. The second-order valence-electron chi connectivity index (χ2n) is 8.31. The first-order chi connectivity index (χ1) is 17.2. The molecule has 2 aromatic carbocycles. The van der Waals surface area contributed by atoms with Crippen molar-refractivity contribution in [3.05, 3.63) is 94.1 Å². The van der Waals surface area contributed by atoms with Crippen molar-refractivity contribution in [1.29, 1.82) is 0 Å². The van der Waals surface area contributed by atoms with Gasteiger partial charge in [0.1, 0.15) is 11.5 Å². The predicted molar refractivity (Wildman–Crippen MR) is 133 cm³/mol. The van der Waals surface area contributed by atoms with Gasteiger partial charge >= 0.3 is 5.69 Å². The maximum Gasteiger partial charge on any atom is 0.350 e. The molecule has 5 rings (SSSR count). The van der Waals surface area contributed by atoms with Gasteiger partial charge in [-0.15, -0.1) is 0 Å². The van der Waals surface area contributed by atoms with E-state index in [9.17, 15) is 14.4 Å². The predicted octanol–water partition coefficient (Wildman–Crippen LogP) is 2.25. The molecule has 0 unspecified atom stereocenters. The van der Waals surface area contributed by atoms with Gasteiger partial charge in [0.2, 0.25) is 11.7 Å². The van der Waals surface area contributed by atoms with E-state index in [-0.39, 0.29) is 5.69 Å². The summed E-state index contributed by atoms with van der Waals surface area (Å²) in [4.78, 5) is 46.0. The fraction of sp³-hybridized carbons (Fsp3) is 0.120. The number of benzene rings is 2. The van der Waals surface area contributed by atoms with E-state index < -0.39 is 11.8 Å². The maximum atomic E-state index is 13.1. The van der Waals surface area contributed by atoms with Crippen LogP contribution in [0.1, 0.15) is 32.4 Å². The van der Waals surface area contributed by atoms with Crippen molar-refractivity contribution in [1.82, 2.24) is 28.7 Å². The topological polar surface area (TPSA) is 142 Å². The third-order valence-electron chi connectivity index (χ3n) is 5.71. The lowest BCUT2D eigenvalue weighted by Gasteiger charge is -2.08. The minimum absolute atomic E-state index is 0.232. The Morgan fingerprint density at radius 1 is 1.00 bits per heavy atom. The number of aryl methyl sites for hydroxylation is 3. The van der Waals surface area contributed by atoms with Crippen LogP contribution in [0, 0.1) is 13.8 Å². The molecule has 180 valence electrons. The second kappa shape index (κ2) is 8.62. The smallest absolute Gasteiger partial charge is 0.350 e. The van der Waals surface area contributed by atoms with Crippen LogP contribution in [-0.2, 0) is 7.05 Å². The molecule has 0 aliphatic rings. The Hall–Kier alpha value is -5.06. The van der Waals surface area contributed by atoms with Gasteiger partial charge < -0.3 is 11.1 Å². The zero-order valence-corrected chi connectivity index (χ0v) is 19.8. The van der Waals surface area contributed by atoms with Gasteiger partial charge in [-0.2, -0.15) is 5.10 Å². The van der Waals surface area contributed by atoms with Crippen LogP contribution in [0.15, 0.2) is 65.6 Å². The summed E-state index contributed by atoms with van der Waals surface area (Å²) in [7, 11) is 1.61. The van der Waals surface area contributed by atoms with Gasteiger partial charge in [0.05, 0.1) is 11.4 Å². The third-order valence-corrected chi connectivity index (χ3v) is 5.71. The summed E-state index contributed by atoms with van der Waals surface area (Å²) in [5, 5.41) is 6.95. The van der Waals surface area contributed by atoms with Crippen molar-refractivity contribution in [2.24, 2.45) is 12.8 Å². The van der Waals surface area contributed by atoms with Crippen LogP contribution in [-0.4, -0.2) is 40.5 Å². The number of imidazole rings is 1. The minimum atomic E-state index is -0.581. The lowest BCUT2D eigenvalue weighted by Crippen LogP contribution is -2.21. The van der Waals surface area contributed by atoms with Gasteiger partial charge in [0.15, 0.2) is 0 Å². The summed E-state index contributed by atoms with van der Waals surface area (Å²) in [5.41, 5.74) is 8.88. The lowest BCUT2D eigenvalue weighted by molar-refractivity contribution is 0.0995. The van der Waals surface area contributed by atoms with Crippen LogP contribution < -0.4 is 16.7 Å². The number of carbonyl (C=O) groups is 2. The molecule has 0 atom stereocenters. The fourth-order valence-corrected chi connectivity index (χ4v) is 4.01. The number of hydrogen-bond acceptors (Lipinski definition) is 6. The number of hydrogen-bond donors (Lipinski definition) is 2. The summed E-state index contributed by atoms with van der Waals surface area (Å²) in [6, 6.07) is 15.4. The molecule has 2 amide bonds. The molecule has 0 spiro atoms. The zero-order chi connectivity index (χ0) is 25.6. The number of fused-ring (bicyclic) bond motifs is 1. The van der Waals surface area contributed by atoms with Crippen LogP contribution in [0.2, 0.25) is 0 Å². The van der Waals surface area contributed by atoms with Gasteiger partial charge in [-0.1, -0.05) is 18.2 Å². The number of amides is 2. The van der Waals surface area contributed by atoms with Crippen LogP contribution in [0.25, 0.3) is 22.7 Å². The Morgan fingerprint density at radius 2 is 1.75 bits per heavy atom. The molecule has 0 saturated carbocycles. The van der Waals surface area contributed by atoms with E-state index in [2.05, 4.69) is 20.4 Å². The first-order valence-electron chi connectivity index (χ1n) is 11.0.